The van der Waals surface area contributed by atoms with Crippen LogP contribution in [0.2, 0.25) is 5.02 Å². The first kappa shape index (κ1) is 21.5. The van der Waals surface area contributed by atoms with Crippen LogP contribution in [0, 0.1) is 0 Å². The van der Waals surface area contributed by atoms with Crippen LogP contribution in [0.5, 0.6) is 11.5 Å². The molecule has 0 saturated carbocycles. The summed E-state index contributed by atoms with van der Waals surface area (Å²) in [5.41, 5.74) is 1.45. The average Bonchev–Trinajstić information content (AvgIpc) is 2.74. The molecule has 0 aliphatic carbocycles. The number of ether oxygens (including phenoxy) is 3. The molecule has 2 amide bonds. The summed E-state index contributed by atoms with van der Waals surface area (Å²) in [6.07, 6.45) is 0. The normalized spacial score (nSPS) is 16.2. The number of esters is 1. The number of benzene rings is 2. The molecule has 1 unspecified atom stereocenters. The second-order valence-electron chi connectivity index (χ2n) is 6.54. The predicted molar refractivity (Wildman–Crippen MR) is 113 cm³/mol. The lowest BCUT2D eigenvalue weighted by Gasteiger charge is -2.34. The first-order chi connectivity index (χ1) is 14.4. The molecule has 2 aromatic carbocycles. The van der Waals surface area contributed by atoms with E-state index in [0.29, 0.717) is 27.8 Å². The summed E-state index contributed by atoms with van der Waals surface area (Å²) >= 11 is 6.02. The van der Waals surface area contributed by atoms with Gasteiger partial charge in [0.05, 0.1) is 31.0 Å². The number of nitrogens with one attached hydrogen (secondary N) is 1. The van der Waals surface area contributed by atoms with Crippen molar-refractivity contribution >= 4 is 23.6 Å². The fourth-order valence-corrected chi connectivity index (χ4v) is 3.32. The molecule has 0 saturated heterocycles. The second kappa shape index (κ2) is 9.54. The topological polar surface area (TPSA) is 77.1 Å². The Bertz CT molecular complexity index is 958. The number of urea groups is 1. The van der Waals surface area contributed by atoms with Gasteiger partial charge < -0.3 is 19.5 Å². The molecule has 3 rings (SSSR count). The van der Waals surface area contributed by atoms with Gasteiger partial charge in [-0.2, -0.15) is 0 Å². The summed E-state index contributed by atoms with van der Waals surface area (Å²) in [4.78, 5) is 26.9. The van der Waals surface area contributed by atoms with E-state index in [1.165, 1.54) is 4.90 Å². The van der Waals surface area contributed by atoms with E-state index in [2.05, 4.69) is 5.32 Å². The third-order valence-corrected chi connectivity index (χ3v) is 4.93. The lowest BCUT2D eigenvalue weighted by molar-refractivity contribution is -0.139. The Morgan fingerprint density at radius 3 is 2.53 bits per heavy atom. The number of likely N-dealkylation sites (N-methyl/N-ethyl adjacent to an activating group) is 1. The Hall–Kier alpha value is -3.19. The molecule has 0 aromatic heterocycles. The Labute approximate surface area is 180 Å². The van der Waals surface area contributed by atoms with Crippen LogP contribution in [-0.2, 0) is 9.53 Å². The summed E-state index contributed by atoms with van der Waals surface area (Å²) in [5.74, 6) is 0.678. The Morgan fingerprint density at radius 2 is 1.90 bits per heavy atom. The minimum absolute atomic E-state index is 0.00886. The average molecular weight is 431 g/mol. The van der Waals surface area contributed by atoms with Crippen molar-refractivity contribution in [3.63, 3.8) is 0 Å². The van der Waals surface area contributed by atoms with Crippen molar-refractivity contribution < 1.29 is 23.8 Å². The Balaban J connectivity index is 2.01. The van der Waals surface area contributed by atoms with Gasteiger partial charge >= 0.3 is 12.0 Å². The van der Waals surface area contributed by atoms with Crippen LogP contribution in [0.15, 0.2) is 59.8 Å². The molecule has 30 heavy (non-hydrogen) atoms. The second-order valence-corrected chi connectivity index (χ2v) is 6.98. The molecule has 1 atom stereocenters. The number of hydrogen-bond donors (Lipinski definition) is 1. The number of amides is 2. The number of halogens is 1. The number of carbonyl (C=O) groups excluding carboxylic acids is 2. The lowest BCUT2D eigenvalue weighted by Crippen LogP contribution is -2.48. The molecule has 2 aromatic rings. The molecule has 158 valence electrons. The predicted octanol–water partition coefficient (Wildman–Crippen LogP) is 3.94. The van der Waals surface area contributed by atoms with E-state index in [9.17, 15) is 9.59 Å². The zero-order chi connectivity index (χ0) is 21.7. The van der Waals surface area contributed by atoms with Crippen molar-refractivity contribution in [3.05, 3.63) is 70.4 Å². The van der Waals surface area contributed by atoms with Gasteiger partial charge in [-0.25, -0.2) is 9.59 Å². The summed E-state index contributed by atoms with van der Waals surface area (Å²) in [6, 6.07) is 13.0. The van der Waals surface area contributed by atoms with E-state index in [1.54, 1.807) is 69.6 Å². The number of carbonyl (C=O) groups is 2. The fourth-order valence-electron chi connectivity index (χ4n) is 3.14. The largest absolute Gasteiger partial charge is 0.497 e. The van der Waals surface area contributed by atoms with Gasteiger partial charge in [-0.15, -0.1) is 0 Å². The summed E-state index contributed by atoms with van der Waals surface area (Å²) in [5, 5.41) is 3.38. The highest BCUT2D eigenvalue weighted by molar-refractivity contribution is 6.30. The van der Waals surface area contributed by atoms with E-state index in [0.717, 1.165) is 5.56 Å². The van der Waals surface area contributed by atoms with E-state index in [1.807, 2.05) is 0 Å². The maximum absolute atomic E-state index is 12.9. The molecule has 0 bridgehead atoms. The number of rotatable bonds is 7. The molecule has 0 radical (unpaired) electrons. The minimum atomic E-state index is -0.684. The zero-order valence-electron chi connectivity index (χ0n) is 17.0. The first-order valence-electron chi connectivity index (χ1n) is 9.41. The lowest BCUT2D eigenvalue weighted by atomic mass is 9.94. The first-order valence-corrected chi connectivity index (χ1v) is 9.79. The number of hydrogen-bond acceptors (Lipinski definition) is 5. The molecule has 7 nitrogen and oxygen atoms in total. The van der Waals surface area contributed by atoms with Crippen LogP contribution in [-0.4, -0.2) is 44.3 Å². The molecular formula is C22H23ClN2O5. The van der Waals surface area contributed by atoms with Crippen molar-refractivity contribution in [2.45, 2.75) is 13.0 Å². The monoisotopic (exact) mass is 430 g/mol. The molecule has 1 N–H and O–H groups in total. The van der Waals surface area contributed by atoms with Crippen LogP contribution in [0.3, 0.4) is 0 Å². The van der Waals surface area contributed by atoms with Gasteiger partial charge in [-0.1, -0.05) is 29.8 Å². The van der Waals surface area contributed by atoms with Crippen LogP contribution in [0.25, 0.3) is 0 Å². The van der Waals surface area contributed by atoms with E-state index >= 15 is 0 Å². The third-order valence-electron chi connectivity index (χ3n) is 4.69. The smallest absolute Gasteiger partial charge is 0.338 e. The van der Waals surface area contributed by atoms with Crippen molar-refractivity contribution in [2.75, 3.05) is 27.4 Å². The molecule has 0 fully saturated rings. The zero-order valence-corrected chi connectivity index (χ0v) is 17.7. The maximum Gasteiger partial charge on any atom is 0.338 e. The van der Waals surface area contributed by atoms with Crippen molar-refractivity contribution in [1.29, 1.82) is 0 Å². The highest BCUT2D eigenvalue weighted by Gasteiger charge is 2.37. The van der Waals surface area contributed by atoms with Crippen LogP contribution in [0.4, 0.5) is 4.79 Å². The molecule has 8 heteroatoms. The summed E-state index contributed by atoms with van der Waals surface area (Å²) in [6.45, 7) is 1.93. The molecule has 1 heterocycles. The van der Waals surface area contributed by atoms with Gasteiger partial charge in [0.2, 0.25) is 0 Å². The van der Waals surface area contributed by atoms with Crippen molar-refractivity contribution in [1.82, 2.24) is 10.2 Å². The molecule has 1 aliphatic heterocycles. The highest BCUT2D eigenvalue weighted by atomic mass is 35.5. The number of nitrogens with zero attached hydrogens (tertiary/aromatic N) is 1. The van der Waals surface area contributed by atoms with Crippen molar-refractivity contribution in [2.24, 2.45) is 0 Å². The van der Waals surface area contributed by atoms with E-state index < -0.39 is 12.0 Å². The van der Waals surface area contributed by atoms with Gasteiger partial charge in [-0.05, 0) is 42.8 Å². The van der Waals surface area contributed by atoms with E-state index in [4.69, 9.17) is 25.8 Å². The minimum Gasteiger partial charge on any atom is -0.497 e. The standard InChI is InChI=1S/C22H23ClN2O5/c1-4-29-21(26)19-18(13-30-17-7-5-6-15(23)12-17)25(2)22(27)24-20(19)14-8-10-16(28-3)11-9-14/h5-12,20H,4,13H2,1-3H3,(H,24,27). The van der Waals surface area contributed by atoms with Crippen LogP contribution in [0.1, 0.15) is 18.5 Å². The van der Waals surface area contributed by atoms with Gasteiger partial charge in [0.15, 0.2) is 0 Å². The van der Waals surface area contributed by atoms with Gasteiger partial charge in [0.1, 0.15) is 18.1 Å². The summed E-state index contributed by atoms with van der Waals surface area (Å²) in [7, 11) is 3.15. The number of methoxy groups -OCH3 is 1. The highest BCUT2D eigenvalue weighted by Crippen LogP contribution is 2.32. The quantitative estimate of drug-likeness (QED) is 0.673. The molecule has 0 spiro atoms. The van der Waals surface area contributed by atoms with Crippen LogP contribution >= 0.6 is 11.6 Å². The molecular weight excluding hydrogens is 408 g/mol. The Kier molecular flexibility index (Phi) is 6.84. The maximum atomic E-state index is 12.9. The summed E-state index contributed by atoms with van der Waals surface area (Å²) < 4.78 is 16.3. The molecule has 1 aliphatic rings. The van der Waals surface area contributed by atoms with E-state index in [-0.39, 0.29) is 19.2 Å². The van der Waals surface area contributed by atoms with Gasteiger partial charge in [0, 0.05) is 12.1 Å². The van der Waals surface area contributed by atoms with Gasteiger partial charge in [0.25, 0.3) is 0 Å². The van der Waals surface area contributed by atoms with Crippen LogP contribution < -0.4 is 14.8 Å². The SMILES string of the molecule is CCOC(=O)C1=C(COc2cccc(Cl)c2)N(C)C(=O)NC1c1ccc(OC)cc1. The van der Waals surface area contributed by atoms with Crippen molar-refractivity contribution in [3.8, 4) is 11.5 Å². The van der Waals surface area contributed by atoms with Gasteiger partial charge in [-0.3, -0.25) is 4.90 Å². The Morgan fingerprint density at radius 1 is 1.17 bits per heavy atom. The third kappa shape index (κ3) is 4.68. The fraction of sp³-hybridized carbons (Fsp3) is 0.273.